The highest BCUT2D eigenvalue weighted by Crippen LogP contribution is 2.49. The van der Waals surface area contributed by atoms with Gasteiger partial charge in [-0.05, 0) is 122 Å². The van der Waals surface area contributed by atoms with E-state index in [1.165, 1.54) is 186 Å². The van der Waals surface area contributed by atoms with Crippen LogP contribution in [0, 0.1) is 11.5 Å². The van der Waals surface area contributed by atoms with Gasteiger partial charge in [0.2, 0.25) is 0 Å². The summed E-state index contributed by atoms with van der Waals surface area (Å²) in [6.07, 6.45) is 43.1. The molecule has 0 bridgehead atoms. The Balaban J connectivity index is 1.21. The molecule has 0 heterocycles. The van der Waals surface area contributed by atoms with Gasteiger partial charge in [-0.3, -0.25) is 0 Å². The van der Waals surface area contributed by atoms with Gasteiger partial charge in [-0.15, -0.1) is 0 Å². The highest BCUT2D eigenvalue weighted by atomic mass is 16.5. The van der Waals surface area contributed by atoms with Gasteiger partial charge in [0, 0.05) is 31.8 Å². The molecule has 0 saturated heterocycles. The molecule has 0 aromatic carbocycles. The van der Waals surface area contributed by atoms with E-state index < -0.39 is 0 Å². The van der Waals surface area contributed by atoms with Gasteiger partial charge in [-0.2, -0.15) is 0 Å². The fourth-order valence-electron chi connectivity index (χ4n) is 9.60. The summed E-state index contributed by atoms with van der Waals surface area (Å²) in [4.78, 5) is 0. The van der Waals surface area contributed by atoms with E-state index >= 15 is 0 Å². The fraction of sp³-hybridized carbons (Fsp3) is 0.976. The maximum atomic E-state index is 7.24. The summed E-state index contributed by atoms with van der Waals surface area (Å²) >= 11 is 0. The summed E-state index contributed by atoms with van der Waals surface area (Å²) in [6.45, 7) is 3.69. The summed E-state index contributed by atoms with van der Waals surface area (Å²) in [5.74, 6) is 0. The number of hydrogen-bond donors (Lipinski definition) is 0. The lowest BCUT2D eigenvalue weighted by Crippen LogP contribution is -2.34. The van der Waals surface area contributed by atoms with Gasteiger partial charge in [0.05, 0.1) is 30.5 Å². The molecule has 0 aromatic heterocycles. The van der Waals surface area contributed by atoms with Crippen LogP contribution >= 0.6 is 0 Å². The first-order chi connectivity index (χ1) is 23.3. The summed E-state index contributed by atoms with van der Waals surface area (Å²) in [6, 6.07) is 0. The van der Waals surface area contributed by atoms with Crippen molar-refractivity contribution in [3.63, 3.8) is 0 Å². The quantitative estimate of drug-likeness (QED) is 0.0865. The molecular formula is C42H75O5. The largest absolute Gasteiger partial charge is 0.378 e. The Bertz CT molecular complexity index is 733. The summed E-state index contributed by atoms with van der Waals surface area (Å²) in [5.41, 5.74) is 0.134. The third-order valence-electron chi connectivity index (χ3n) is 12.5. The number of unbranched alkanes of at least 4 members (excludes halogenated alkanes) is 3. The predicted molar refractivity (Wildman–Crippen MR) is 193 cm³/mol. The second kappa shape index (κ2) is 22.6. The van der Waals surface area contributed by atoms with Crippen LogP contribution in [0.3, 0.4) is 0 Å². The molecule has 5 fully saturated rings. The smallest absolute Gasteiger partial charge is 0.104 e. The second-order valence-corrected chi connectivity index (χ2v) is 16.3. The highest BCUT2D eigenvalue weighted by molar-refractivity contribution is 5.02. The molecule has 1 radical (unpaired) electrons. The highest BCUT2D eigenvalue weighted by Gasteiger charge is 2.41. The molecule has 5 heteroatoms. The molecule has 5 nitrogen and oxygen atoms in total. The maximum Gasteiger partial charge on any atom is 0.104 e. The Morgan fingerprint density at radius 2 is 0.681 bits per heavy atom. The van der Waals surface area contributed by atoms with Crippen molar-refractivity contribution >= 4 is 0 Å². The van der Waals surface area contributed by atoms with E-state index in [1.54, 1.807) is 0 Å². The molecule has 0 unspecified atom stereocenters. The molecule has 0 amide bonds. The zero-order chi connectivity index (χ0) is 32.2. The van der Waals surface area contributed by atoms with Crippen molar-refractivity contribution in [2.24, 2.45) is 5.41 Å². The van der Waals surface area contributed by atoms with E-state index in [4.69, 9.17) is 23.7 Å². The van der Waals surface area contributed by atoms with Crippen LogP contribution in [0.4, 0.5) is 0 Å². The van der Waals surface area contributed by atoms with Crippen LogP contribution in [0.25, 0.3) is 0 Å². The van der Waals surface area contributed by atoms with Gasteiger partial charge in [-0.1, -0.05) is 77.0 Å². The molecule has 0 spiro atoms. The third kappa shape index (κ3) is 14.2. The molecule has 5 aliphatic rings. The Morgan fingerprint density at radius 1 is 0.362 bits per heavy atom. The normalized spacial score (nSPS) is 22.7. The average Bonchev–Trinajstić information content (AvgIpc) is 3.92. The van der Waals surface area contributed by atoms with Crippen molar-refractivity contribution < 1.29 is 23.7 Å². The van der Waals surface area contributed by atoms with Crippen molar-refractivity contribution in [3.05, 3.63) is 6.10 Å². The monoisotopic (exact) mass is 660 g/mol. The lowest BCUT2D eigenvalue weighted by atomic mass is 9.69. The lowest BCUT2D eigenvalue weighted by molar-refractivity contribution is -0.0298. The lowest BCUT2D eigenvalue weighted by Gasteiger charge is -2.42. The van der Waals surface area contributed by atoms with Crippen LogP contribution in [0.5, 0.6) is 0 Å². The fourth-order valence-corrected chi connectivity index (χ4v) is 9.60. The van der Waals surface area contributed by atoms with Crippen molar-refractivity contribution in [2.75, 3.05) is 26.4 Å². The minimum absolute atomic E-state index is 0.134. The van der Waals surface area contributed by atoms with E-state index in [9.17, 15) is 0 Å². The third-order valence-corrected chi connectivity index (χ3v) is 12.5. The minimum atomic E-state index is 0.134. The van der Waals surface area contributed by atoms with Gasteiger partial charge < -0.3 is 23.7 Å². The van der Waals surface area contributed by atoms with Gasteiger partial charge in [0.15, 0.2) is 0 Å². The summed E-state index contributed by atoms with van der Waals surface area (Å²) in [5, 5.41) is 0. The first kappa shape index (κ1) is 38.0. The van der Waals surface area contributed by atoms with Crippen LogP contribution in [0.2, 0.25) is 0 Å². The molecule has 0 N–H and O–H groups in total. The number of ether oxygens (including phenoxy) is 5. The standard InChI is InChI=1S/C42H75O5/c1-2-19-36(18-1)43-32-14-11-28-41(47-40-26-9-10-27-40)42(31-17-35-46-39-24-7-8-25-39,29-12-15-33-44-37-20-3-4-21-37)30-13-16-34-45-38-22-5-6-23-38/h36-40H,1-35H2. The van der Waals surface area contributed by atoms with Gasteiger partial charge in [0.1, 0.15) is 6.10 Å². The summed E-state index contributed by atoms with van der Waals surface area (Å²) in [7, 11) is 0. The van der Waals surface area contributed by atoms with Gasteiger partial charge in [0.25, 0.3) is 0 Å². The second-order valence-electron chi connectivity index (χ2n) is 16.3. The Hall–Kier alpha value is -0.200. The topological polar surface area (TPSA) is 46.2 Å². The van der Waals surface area contributed by atoms with E-state index in [0.717, 1.165) is 45.7 Å². The van der Waals surface area contributed by atoms with Crippen molar-refractivity contribution in [3.8, 4) is 0 Å². The first-order valence-electron chi connectivity index (χ1n) is 21.3. The van der Waals surface area contributed by atoms with E-state index in [2.05, 4.69) is 0 Å². The molecule has 5 rings (SSSR count). The van der Waals surface area contributed by atoms with E-state index in [0.29, 0.717) is 30.5 Å². The molecule has 5 saturated carbocycles. The Labute approximate surface area is 290 Å². The van der Waals surface area contributed by atoms with Crippen LogP contribution in [-0.4, -0.2) is 56.9 Å². The molecule has 47 heavy (non-hydrogen) atoms. The molecule has 0 aromatic rings. The van der Waals surface area contributed by atoms with Crippen LogP contribution in [0.1, 0.15) is 199 Å². The predicted octanol–water partition coefficient (Wildman–Crippen LogP) is 11.6. The zero-order valence-electron chi connectivity index (χ0n) is 30.7. The number of rotatable bonds is 26. The minimum Gasteiger partial charge on any atom is -0.378 e. The molecule has 5 aliphatic carbocycles. The average molecular weight is 660 g/mol. The van der Waals surface area contributed by atoms with Crippen molar-refractivity contribution in [2.45, 2.75) is 230 Å². The van der Waals surface area contributed by atoms with E-state index in [1.807, 2.05) is 0 Å². The van der Waals surface area contributed by atoms with Crippen LogP contribution in [0.15, 0.2) is 0 Å². The van der Waals surface area contributed by atoms with Crippen molar-refractivity contribution in [1.82, 2.24) is 0 Å². The Kier molecular flexibility index (Phi) is 18.3. The molecule has 273 valence electrons. The van der Waals surface area contributed by atoms with Gasteiger partial charge >= 0.3 is 0 Å². The van der Waals surface area contributed by atoms with Crippen molar-refractivity contribution in [1.29, 1.82) is 0 Å². The zero-order valence-corrected chi connectivity index (χ0v) is 30.7. The van der Waals surface area contributed by atoms with E-state index in [-0.39, 0.29) is 5.41 Å². The molecule has 0 atom stereocenters. The van der Waals surface area contributed by atoms with Gasteiger partial charge in [-0.25, -0.2) is 0 Å². The first-order valence-corrected chi connectivity index (χ1v) is 21.3. The molecular weight excluding hydrogens is 584 g/mol. The molecule has 0 aliphatic heterocycles. The summed E-state index contributed by atoms with van der Waals surface area (Å²) < 4.78 is 32.7. The number of hydrogen-bond acceptors (Lipinski definition) is 5. The maximum absolute atomic E-state index is 7.24. The van der Waals surface area contributed by atoms with Crippen LogP contribution < -0.4 is 0 Å². The Morgan fingerprint density at radius 3 is 1.09 bits per heavy atom. The van der Waals surface area contributed by atoms with Crippen LogP contribution in [-0.2, 0) is 23.7 Å². The SMILES string of the molecule is C(CC[C](OC1CCCC1)C(CCCCOC1CCCC1)(CCCCOC1CCCC1)CCCOC1CCCC1)COC1CCCC1.